The number of aromatic amines is 1. The van der Waals surface area contributed by atoms with Gasteiger partial charge in [-0.3, -0.25) is 0 Å². The molecule has 0 aliphatic heterocycles. The lowest BCUT2D eigenvalue weighted by Crippen LogP contribution is -2.01. The minimum absolute atomic E-state index is 0.509. The van der Waals surface area contributed by atoms with Gasteiger partial charge in [-0.15, -0.1) is 0 Å². The molecule has 72 valence electrons. The molecular weight excluding hydrogens is 178 g/mol. The van der Waals surface area contributed by atoms with Crippen LogP contribution in [0, 0.1) is 0 Å². The summed E-state index contributed by atoms with van der Waals surface area (Å²) in [5, 5.41) is 3.17. The van der Waals surface area contributed by atoms with Gasteiger partial charge in [-0.1, -0.05) is 0 Å². The highest BCUT2D eigenvalue weighted by atomic mass is 15.0. The molecule has 0 radical (unpaired) electrons. The van der Waals surface area contributed by atoms with Crippen LogP contribution in [0.4, 0.5) is 11.5 Å². The summed E-state index contributed by atoms with van der Waals surface area (Å²) in [6.07, 6.45) is 5.18. The number of H-pyrrole nitrogens is 1. The number of aromatic nitrogens is 3. The number of nitrogens with zero attached hydrogens (tertiary/aromatic N) is 2. The van der Waals surface area contributed by atoms with Crippen LogP contribution in [0.3, 0.4) is 0 Å². The molecule has 0 aromatic carbocycles. The van der Waals surface area contributed by atoms with Gasteiger partial charge in [0.25, 0.3) is 0 Å². The van der Waals surface area contributed by atoms with Crippen LogP contribution >= 0.6 is 0 Å². The Hall–Kier alpha value is -2.04. The summed E-state index contributed by atoms with van der Waals surface area (Å²) in [5.74, 6) is 1.40. The van der Waals surface area contributed by atoms with E-state index in [2.05, 4.69) is 20.3 Å². The van der Waals surface area contributed by atoms with Gasteiger partial charge in [0.2, 0.25) is 0 Å². The third kappa shape index (κ3) is 2.01. The van der Waals surface area contributed by atoms with E-state index < -0.39 is 0 Å². The van der Waals surface area contributed by atoms with Crippen molar-refractivity contribution in [1.29, 1.82) is 0 Å². The monoisotopic (exact) mass is 189 g/mol. The number of nitrogens with one attached hydrogen (secondary N) is 2. The van der Waals surface area contributed by atoms with E-state index in [1.165, 1.54) is 0 Å². The minimum Gasteiger partial charge on any atom is -0.384 e. The van der Waals surface area contributed by atoms with E-state index in [1.807, 2.05) is 6.07 Å². The fourth-order valence-electron chi connectivity index (χ4n) is 1.14. The van der Waals surface area contributed by atoms with Gasteiger partial charge in [0.05, 0.1) is 6.54 Å². The van der Waals surface area contributed by atoms with Crippen LogP contribution in [0.1, 0.15) is 5.82 Å². The predicted octanol–water partition coefficient (Wildman–Crippen LogP) is 0.999. The zero-order valence-electron chi connectivity index (χ0n) is 7.57. The smallest absolute Gasteiger partial charge is 0.125 e. The van der Waals surface area contributed by atoms with Gasteiger partial charge >= 0.3 is 0 Å². The molecule has 14 heavy (non-hydrogen) atoms. The summed E-state index contributed by atoms with van der Waals surface area (Å²) < 4.78 is 0. The van der Waals surface area contributed by atoms with E-state index in [4.69, 9.17) is 5.73 Å². The number of imidazole rings is 1. The van der Waals surface area contributed by atoms with Gasteiger partial charge in [0.1, 0.15) is 11.6 Å². The second kappa shape index (κ2) is 3.78. The van der Waals surface area contributed by atoms with Crippen molar-refractivity contribution in [2.45, 2.75) is 6.54 Å². The minimum atomic E-state index is 0.509. The normalized spacial score (nSPS) is 10.0. The van der Waals surface area contributed by atoms with Gasteiger partial charge in [-0.2, -0.15) is 0 Å². The Morgan fingerprint density at radius 3 is 3.00 bits per heavy atom. The molecule has 2 aromatic heterocycles. The molecule has 4 N–H and O–H groups in total. The third-order valence-electron chi connectivity index (χ3n) is 1.80. The predicted molar refractivity (Wildman–Crippen MR) is 54.6 cm³/mol. The maximum Gasteiger partial charge on any atom is 0.125 e. The summed E-state index contributed by atoms with van der Waals surface area (Å²) in [7, 11) is 0. The van der Waals surface area contributed by atoms with Crippen molar-refractivity contribution >= 4 is 11.5 Å². The molecular formula is C9H11N5. The Morgan fingerprint density at radius 1 is 1.36 bits per heavy atom. The largest absolute Gasteiger partial charge is 0.384 e. The standard InChI is InChI=1S/C9H11N5/c10-8-5-7(1-2-11-8)14-6-9-12-3-4-13-9/h1-5H,6H2,(H,12,13)(H3,10,11,14). The maximum atomic E-state index is 5.53. The first-order chi connectivity index (χ1) is 6.84. The van der Waals surface area contributed by atoms with Crippen molar-refractivity contribution in [2.75, 3.05) is 11.1 Å². The summed E-state index contributed by atoms with van der Waals surface area (Å²) >= 11 is 0. The Bertz CT molecular complexity index is 395. The molecule has 0 amide bonds. The number of nitrogen functional groups attached to an aromatic ring is 1. The average Bonchev–Trinajstić information content (AvgIpc) is 2.67. The third-order valence-corrected chi connectivity index (χ3v) is 1.80. The molecule has 2 aromatic rings. The molecule has 0 saturated carbocycles. The van der Waals surface area contributed by atoms with E-state index in [0.717, 1.165) is 11.5 Å². The van der Waals surface area contributed by atoms with E-state index in [-0.39, 0.29) is 0 Å². The number of nitrogens with two attached hydrogens (primary N) is 1. The van der Waals surface area contributed by atoms with Gasteiger partial charge < -0.3 is 16.0 Å². The number of pyridine rings is 1. The molecule has 2 heterocycles. The summed E-state index contributed by atoms with van der Waals surface area (Å²) in [4.78, 5) is 11.0. The lowest BCUT2D eigenvalue weighted by molar-refractivity contribution is 0.999. The van der Waals surface area contributed by atoms with E-state index in [1.54, 1.807) is 24.7 Å². The fraction of sp³-hybridized carbons (Fsp3) is 0.111. The molecule has 0 saturated heterocycles. The Morgan fingerprint density at radius 2 is 2.29 bits per heavy atom. The Kier molecular flexibility index (Phi) is 2.31. The van der Waals surface area contributed by atoms with Gasteiger partial charge in [0.15, 0.2) is 0 Å². The zero-order chi connectivity index (χ0) is 9.80. The Balaban J connectivity index is 1.98. The van der Waals surface area contributed by atoms with Gasteiger partial charge in [0, 0.05) is 30.3 Å². The first-order valence-electron chi connectivity index (χ1n) is 4.28. The zero-order valence-corrected chi connectivity index (χ0v) is 7.57. The van der Waals surface area contributed by atoms with E-state index >= 15 is 0 Å². The number of hydrogen-bond acceptors (Lipinski definition) is 4. The van der Waals surface area contributed by atoms with Gasteiger partial charge in [-0.05, 0) is 6.07 Å². The van der Waals surface area contributed by atoms with Crippen LogP contribution in [0.5, 0.6) is 0 Å². The summed E-state index contributed by atoms with van der Waals surface area (Å²) in [6.45, 7) is 0.649. The molecule has 0 unspecified atom stereocenters. The summed E-state index contributed by atoms with van der Waals surface area (Å²) in [6, 6.07) is 3.64. The molecule has 0 aliphatic rings. The van der Waals surface area contributed by atoms with Crippen LogP contribution < -0.4 is 11.1 Å². The molecule has 5 nitrogen and oxygen atoms in total. The first kappa shape index (κ1) is 8.55. The average molecular weight is 189 g/mol. The van der Waals surface area contributed by atoms with Crippen LogP contribution in [0.15, 0.2) is 30.7 Å². The molecule has 0 bridgehead atoms. The highest BCUT2D eigenvalue weighted by Crippen LogP contribution is 2.09. The SMILES string of the molecule is Nc1cc(NCc2ncc[nH]2)ccn1. The highest BCUT2D eigenvalue weighted by Gasteiger charge is 1.95. The molecule has 5 heteroatoms. The van der Waals surface area contributed by atoms with Gasteiger partial charge in [-0.25, -0.2) is 9.97 Å². The van der Waals surface area contributed by atoms with Crippen LogP contribution in [0.25, 0.3) is 0 Å². The first-order valence-corrected chi connectivity index (χ1v) is 4.28. The molecule has 0 spiro atoms. The topological polar surface area (TPSA) is 79.6 Å². The van der Waals surface area contributed by atoms with Crippen LogP contribution in [0.2, 0.25) is 0 Å². The number of anilines is 2. The van der Waals surface area contributed by atoms with Crippen molar-refractivity contribution in [3.05, 3.63) is 36.5 Å². The van der Waals surface area contributed by atoms with Crippen molar-refractivity contribution in [3.8, 4) is 0 Å². The number of hydrogen-bond donors (Lipinski definition) is 3. The molecule has 0 fully saturated rings. The summed E-state index contributed by atoms with van der Waals surface area (Å²) in [5.41, 5.74) is 6.47. The van der Waals surface area contributed by atoms with Crippen molar-refractivity contribution in [1.82, 2.24) is 15.0 Å². The fourth-order valence-corrected chi connectivity index (χ4v) is 1.14. The Labute approximate surface area is 81.4 Å². The second-order valence-corrected chi connectivity index (χ2v) is 2.86. The van der Waals surface area contributed by atoms with Crippen molar-refractivity contribution < 1.29 is 0 Å². The van der Waals surface area contributed by atoms with Crippen LogP contribution in [-0.4, -0.2) is 15.0 Å². The molecule has 2 rings (SSSR count). The second-order valence-electron chi connectivity index (χ2n) is 2.86. The quantitative estimate of drug-likeness (QED) is 0.673. The van der Waals surface area contributed by atoms with Crippen molar-refractivity contribution in [3.63, 3.8) is 0 Å². The number of rotatable bonds is 3. The van der Waals surface area contributed by atoms with Crippen LogP contribution in [-0.2, 0) is 6.54 Å². The van der Waals surface area contributed by atoms with E-state index in [9.17, 15) is 0 Å². The lowest BCUT2D eigenvalue weighted by atomic mass is 10.4. The van der Waals surface area contributed by atoms with E-state index in [0.29, 0.717) is 12.4 Å². The molecule has 0 aliphatic carbocycles. The lowest BCUT2D eigenvalue weighted by Gasteiger charge is -2.03. The maximum absolute atomic E-state index is 5.53. The highest BCUT2D eigenvalue weighted by molar-refractivity contribution is 5.49. The van der Waals surface area contributed by atoms with Crippen molar-refractivity contribution in [2.24, 2.45) is 0 Å². The molecule has 0 atom stereocenters.